The molecule has 0 aromatic carbocycles. The topological polar surface area (TPSA) is 35.8 Å². The van der Waals surface area contributed by atoms with Crippen molar-refractivity contribution in [3.05, 3.63) is 24.0 Å². The van der Waals surface area contributed by atoms with Crippen LogP contribution in [0.3, 0.4) is 0 Å². The minimum absolute atomic E-state index is 0.288. The minimum Gasteiger partial charge on any atom is -0.355 e. The highest BCUT2D eigenvalue weighted by Crippen LogP contribution is 2.15. The number of nitrogens with one attached hydrogen (secondary N) is 1. The summed E-state index contributed by atoms with van der Waals surface area (Å²) in [7, 11) is 6.96. The molecule has 0 bridgehead atoms. The van der Waals surface area contributed by atoms with Gasteiger partial charge in [-0.1, -0.05) is 0 Å². The maximum atomic E-state index is 12.2. The third-order valence-electron chi connectivity index (χ3n) is 3.25. The van der Waals surface area contributed by atoms with Crippen LogP contribution in [0.4, 0.5) is 13.2 Å². The number of guanidine groups is 1. The molecule has 0 saturated carbocycles. The monoisotopic (exact) mass is 319 g/mol. The van der Waals surface area contributed by atoms with Gasteiger partial charge in [0.05, 0.1) is 13.1 Å². The van der Waals surface area contributed by atoms with E-state index in [4.69, 9.17) is 0 Å². The van der Waals surface area contributed by atoms with Crippen molar-refractivity contribution in [3.8, 4) is 0 Å². The number of rotatable bonds is 6. The zero-order chi connectivity index (χ0) is 16.8. The van der Waals surface area contributed by atoms with Crippen LogP contribution in [0.25, 0.3) is 0 Å². The SMILES string of the molecule is CN=C(NCCN(C)CC(F)(F)F)N(C)Cc1cccn1C. The minimum atomic E-state index is -4.17. The maximum Gasteiger partial charge on any atom is 0.401 e. The fourth-order valence-electron chi connectivity index (χ4n) is 2.11. The normalized spacial score (nSPS) is 12.8. The first-order valence-electron chi connectivity index (χ1n) is 7.00. The van der Waals surface area contributed by atoms with Crippen molar-refractivity contribution >= 4 is 5.96 Å². The zero-order valence-electron chi connectivity index (χ0n) is 13.5. The van der Waals surface area contributed by atoms with E-state index in [9.17, 15) is 13.2 Å². The Morgan fingerprint density at radius 1 is 1.36 bits per heavy atom. The van der Waals surface area contributed by atoms with Crippen LogP contribution < -0.4 is 5.32 Å². The highest BCUT2D eigenvalue weighted by molar-refractivity contribution is 5.79. The lowest BCUT2D eigenvalue weighted by Gasteiger charge is -2.24. The van der Waals surface area contributed by atoms with Crippen LogP contribution in [0.5, 0.6) is 0 Å². The summed E-state index contributed by atoms with van der Waals surface area (Å²) >= 11 is 0. The average Bonchev–Trinajstić information content (AvgIpc) is 2.78. The van der Waals surface area contributed by atoms with Crippen molar-refractivity contribution < 1.29 is 13.2 Å². The van der Waals surface area contributed by atoms with Gasteiger partial charge in [-0.25, -0.2) is 0 Å². The lowest BCUT2D eigenvalue weighted by atomic mass is 10.4. The average molecular weight is 319 g/mol. The van der Waals surface area contributed by atoms with Crippen LogP contribution in [0, 0.1) is 0 Å². The van der Waals surface area contributed by atoms with Crippen molar-refractivity contribution in [1.29, 1.82) is 0 Å². The second-order valence-electron chi connectivity index (χ2n) is 5.29. The molecule has 8 heteroatoms. The predicted molar refractivity (Wildman–Crippen MR) is 81.8 cm³/mol. The first-order chi connectivity index (χ1) is 10.2. The first-order valence-corrected chi connectivity index (χ1v) is 7.00. The van der Waals surface area contributed by atoms with Gasteiger partial charge in [-0.3, -0.25) is 9.89 Å². The van der Waals surface area contributed by atoms with Gasteiger partial charge >= 0.3 is 6.18 Å². The summed E-state index contributed by atoms with van der Waals surface area (Å²) in [6.07, 6.45) is -2.20. The molecule has 0 aliphatic carbocycles. The Morgan fingerprint density at radius 2 is 2.05 bits per heavy atom. The molecule has 0 spiro atoms. The van der Waals surface area contributed by atoms with Crippen LogP contribution in [-0.2, 0) is 13.6 Å². The molecule has 0 aliphatic rings. The molecule has 1 aromatic heterocycles. The molecular formula is C14H24F3N5. The maximum absolute atomic E-state index is 12.2. The lowest BCUT2D eigenvalue weighted by molar-refractivity contribution is -0.142. The fraction of sp³-hybridized carbons (Fsp3) is 0.643. The number of halogens is 3. The molecule has 1 aromatic rings. The molecule has 0 unspecified atom stereocenters. The number of nitrogens with zero attached hydrogens (tertiary/aromatic N) is 4. The first kappa shape index (κ1) is 18.3. The number of alkyl halides is 3. The van der Waals surface area contributed by atoms with Gasteiger partial charge in [0.25, 0.3) is 0 Å². The number of hydrogen-bond donors (Lipinski definition) is 1. The van der Waals surface area contributed by atoms with Crippen molar-refractivity contribution in [2.45, 2.75) is 12.7 Å². The van der Waals surface area contributed by atoms with Gasteiger partial charge in [-0.05, 0) is 19.2 Å². The standard InChI is InChI=1S/C14H24F3N5/c1-18-13(19-7-9-20(2)11-14(15,16)17)22(4)10-12-6-5-8-21(12)3/h5-6,8H,7,9-11H2,1-4H3,(H,18,19). The Balaban J connectivity index is 2.41. The molecule has 1 N–H and O–H groups in total. The summed E-state index contributed by atoms with van der Waals surface area (Å²) in [5.74, 6) is 0.654. The van der Waals surface area contributed by atoms with E-state index < -0.39 is 12.7 Å². The molecule has 0 amide bonds. The van der Waals surface area contributed by atoms with Crippen molar-refractivity contribution in [2.75, 3.05) is 40.8 Å². The molecule has 0 radical (unpaired) electrons. The van der Waals surface area contributed by atoms with E-state index >= 15 is 0 Å². The Morgan fingerprint density at radius 3 is 2.55 bits per heavy atom. The van der Waals surface area contributed by atoms with Gasteiger partial charge in [0, 0.05) is 46.1 Å². The Labute approximate surface area is 129 Å². The number of aryl methyl sites for hydroxylation is 1. The van der Waals surface area contributed by atoms with Crippen molar-refractivity contribution in [3.63, 3.8) is 0 Å². The molecule has 126 valence electrons. The molecule has 0 fully saturated rings. The number of likely N-dealkylation sites (N-methyl/N-ethyl adjacent to an activating group) is 1. The van der Waals surface area contributed by atoms with Gasteiger partial charge in [0.2, 0.25) is 0 Å². The zero-order valence-corrected chi connectivity index (χ0v) is 13.5. The van der Waals surface area contributed by atoms with E-state index in [0.717, 1.165) is 5.69 Å². The molecule has 0 atom stereocenters. The molecule has 5 nitrogen and oxygen atoms in total. The van der Waals surface area contributed by atoms with Crippen LogP contribution >= 0.6 is 0 Å². The van der Waals surface area contributed by atoms with Crippen LogP contribution in [-0.4, -0.2) is 67.3 Å². The van der Waals surface area contributed by atoms with Crippen molar-refractivity contribution in [2.24, 2.45) is 12.0 Å². The number of hydrogen-bond acceptors (Lipinski definition) is 2. The molecule has 0 saturated heterocycles. The summed E-state index contributed by atoms with van der Waals surface area (Å²) < 4.78 is 38.7. The molecule has 22 heavy (non-hydrogen) atoms. The lowest BCUT2D eigenvalue weighted by Crippen LogP contribution is -2.43. The second kappa shape index (κ2) is 8.07. The summed E-state index contributed by atoms with van der Waals surface area (Å²) in [5.41, 5.74) is 1.12. The van der Waals surface area contributed by atoms with E-state index in [0.29, 0.717) is 19.0 Å². The van der Waals surface area contributed by atoms with Crippen molar-refractivity contribution in [1.82, 2.24) is 19.7 Å². The largest absolute Gasteiger partial charge is 0.401 e. The van der Waals surface area contributed by atoms with Gasteiger partial charge in [0.1, 0.15) is 0 Å². The van der Waals surface area contributed by atoms with E-state index in [1.54, 1.807) is 7.05 Å². The number of aromatic nitrogens is 1. The Kier molecular flexibility index (Phi) is 6.73. The number of aliphatic imine (C=N–C) groups is 1. The summed E-state index contributed by atoms with van der Waals surface area (Å²) in [6, 6.07) is 3.98. The summed E-state index contributed by atoms with van der Waals surface area (Å²) in [6.45, 7) is 0.446. The second-order valence-corrected chi connectivity index (χ2v) is 5.29. The highest BCUT2D eigenvalue weighted by Gasteiger charge is 2.28. The van der Waals surface area contributed by atoms with Gasteiger partial charge < -0.3 is 14.8 Å². The van der Waals surface area contributed by atoms with Crippen LogP contribution in [0.2, 0.25) is 0 Å². The molecular weight excluding hydrogens is 295 g/mol. The van der Waals surface area contributed by atoms with Crippen LogP contribution in [0.1, 0.15) is 5.69 Å². The Hall–Kier alpha value is -1.70. The highest BCUT2D eigenvalue weighted by atomic mass is 19.4. The molecule has 1 rings (SSSR count). The Bertz CT molecular complexity index is 481. The summed E-state index contributed by atoms with van der Waals surface area (Å²) in [5, 5.41) is 3.08. The fourth-order valence-corrected chi connectivity index (χ4v) is 2.11. The predicted octanol–water partition coefficient (Wildman–Crippen LogP) is 1.53. The van der Waals surface area contributed by atoms with E-state index in [2.05, 4.69) is 10.3 Å². The van der Waals surface area contributed by atoms with E-state index in [1.807, 2.05) is 41.9 Å². The third-order valence-corrected chi connectivity index (χ3v) is 3.25. The van der Waals surface area contributed by atoms with E-state index in [-0.39, 0.29) is 6.54 Å². The third kappa shape index (κ3) is 6.38. The summed E-state index contributed by atoms with van der Waals surface area (Å²) in [4.78, 5) is 7.31. The van der Waals surface area contributed by atoms with E-state index in [1.165, 1.54) is 11.9 Å². The van der Waals surface area contributed by atoms with Crippen LogP contribution in [0.15, 0.2) is 23.3 Å². The molecule has 1 heterocycles. The quantitative estimate of drug-likeness (QED) is 0.638. The van der Waals surface area contributed by atoms with Gasteiger partial charge in [0.15, 0.2) is 5.96 Å². The van der Waals surface area contributed by atoms with Gasteiger partial charge in [-0.2, -0.15) is 13.2 Å². The van der Waals surface area contributed by atoms with Gasteiger partial charge in [-0.15, -0.1) is 0 Å². The smallest absolute Gasteiger partial charge is 0.355 e. The molecule has 0 aliphatic heterocycles.